The molecular formula is C10H16ClNO. The summed E-state index contributed by atoms with van der Waals surface area (Å²) in [5.74, 6) is 0. The van der Waals surface area contributed by atoms with Crippen molar-refractivity contribution in [2.45, 2.75) is 31.3 Å². The van der Waals surface area contributed by atoms with E-state index in [0.717, 1.165) is 19.8 Å². The summed E-state index contributed by atoms with van der Waals surface area (Å²) in [6.07, 6.45) is 5.96. The molecule has 0 spiro atoms. The van der Waals surface area contributed by atoms with Crippen LogP contribution in [0.2, 0.25) is 0 Å². The minimum atomic E-state index is 0.639. The fraction of sp³-hybridized carbons (Fsp3) is 0.800. The summed E-state index contributed by atoms with van der Waals surface area (Å²) >= 11 is 5.54. The van der Waals surface area contributed by atoms with Crippen molar-refractivity contribution in [2.75, 3.05) is 19.8 Å². The van der Waals surface area contributed by atoms with E-state index in [1.165, 1.54) is 19.3 Å². The van der Waals surface area contributed by atoms with Gasteiger partial charge in [-0.3, -0.25) is 4.90 Å². The van der Waals surface area contributed by atoms with Gasteiger partial charge in [0.15, 0.2) is 0 Å². The molecule has 0 aliphatic carbocycles. The Morgan fingerprint density at radius 1 is 1.31 bits per heavy atom. The number of ether oxygens (including phenoxy) is 1. The molecule has 0 N–H and O–H groups in total. The Labute approximate surface area is 84.5 Å². The lowest BCUT2D eigenvalue weighted by atomic mass is 9.94. The van der Waals surface area contributed by atoms with Gasteiger partial charge in [-0.15, -0.1) is 0 Å². The second-order valence-electron chi connectivity index (χ2n) is 3.83. The van der Waals surface area contributed by atoms with Gasteiger partial charge in [-0.25, -0.2) is 0 Å². The van der Waals surface area contributed by atoms with Gasteiger partial charge in [-0.2, -0.15) is 0 Å². The molecule has 2 fully saturated rings. The lowest BCUT2D eigenvalue weighted by molar-refractivity contribution is -0.0673. The summed E-state index contributed by atoms with van der Waals surface area (Å²) in [5, 5.41) is 0. The zero-order chi connectivity index (χ0) is 9.10. The molecule has 0 aromatic heterocycles. The Morgan fingerprint density at radius 2 is 2.00 bits per heavy atom. The van der Waals surface area contributed by atoms with Crippen molar-refractivity contribution in [3.8, 4) is 0 Å². The number of fused-ring (bicyclic) bond motifs is 2. The van der Waals surface area contributed by atoms with Crippen molar-refractivity contribution >= 4 is 11.6 Å². The smallest absolute Gasteiger partial charge is 0.0622 e. The molecule has 0 aromatic carbocycles. The lowest BCUT2D eigenvalue weighted by Gasteiger charge is -2.45. The maximum atomic E-state index is 5.55. The molecule has 0 amide bonds. The van der Waals surface area contributed by atoms with E-state index in [4.69, 9.17) is 16.3 Å². The molecule has 2 aliphatic rings. The average molecular weight is 202 g/mol. The van der Waals surface area contributed by atoms with E-state index in [-0.39, 0.29) is 0 Å². The zero-order valence-electron chi connectivity index (χ0n) is 7.79. The number of piperidine rings is 1. The summed E-state index contributed by atoms with van der Waals surface area (Å²) in [7, 11) is 0. The highest BCUT2D eigenvalue weighted by molar-refractivity contribution is 6.25. The van der Waals surface area contributed by atoms with E-state index < -0.39 is 0 Å². The number of hydrogen-bond donors (Lipinski definition) is 0. The predicted molar refractivity (Wildman–Crippen MR) is 53.9 cm³/mol. The number of nitrogens with zero attached hydrogens (tertiary/aromatic N) is 1. The fourth-order valence-electron chi connectivity index (χ4n) is 2.38. The summed E-state index contributed by atoms with van der Waals surface area (Å²) < 4.78 is 5.55. The molecule has 0 aromatic rings. The highest BCUT2D eigenvalue weighted by Crippen LogP contribution is 2.26. The Bertz CT molecular complexity index is 173. The third-order valence-corrected chi connectivity index (χ3v) is 3.22. The number of halogens is 1. The third kappa shape index (κ3) is 2.06. The highest BCUT2D eigenvalue weighted by Gasteiger charge is 2.33. The van der Waals surface area contributed by atoms with E-state index in [1.54, 1.807) is 5.54 Å². The monoisotopic (exact) mass is 201 g/mol. The van der Waals surface area contributed by atoms with Crippen LogP contribution in [-0.4, -0.2) is 36.7 Å². The van der Waals surface area contributed by atoms with Gasteiger partial charge < -0.3 is 4.74 Å². The molecular weight excluding hydrogens is 186 g/mol. The first-order chi connectivity index (χ1) is 6.42. The van der Waals surface area contributed by atoms with Gasteiger partial charge >= 0.3 is 0 Å². The minimum absolute atomic E-state index is 0.639. The average Bonchev–Trinajstić information content (AvgIpc) is 2.14. The first-order valence-corrected chi connectivity index (χ1v) is 5.44. The third-order valence-electron chi connectivity index (χ3n) is 3.04. The van der Waals surface area contributed by atoms with Crippen molar-refractivity contribution < 1.29 is 4.74 Å². The van der Waals surface area contributed by atoms with Crippen LogP contribution in [0.25, 0.3) is 0 Å². The molecule has 2 heterocycles. The van der Waals surface area contributed by atoms with E-state index in [1.807, 2.05) is 6.08 Å². The fourth-order valence-corrected chi connectivity index (χ4v) is 2.46. The van der Waals surface area contributed by atoms with Crippen LogP contribution >= 0.6 is 11.6 Å². The van der Waals surface area contributed by atoms with Gasteiger partial charge in [-0.05, 0) is 12.8 Å². The number of morpholine rings is 1. The first-order valence-electron chi connectivity index (χ1n) is 5.00. The molecule has 13 heavy (non-hydrogen) atoms. The van der Waals surface area contributed by atoms with Gasteiger partial charge in [0.05, 0.1) is 13.2 Å². The van der Waals surface area contributed by atoms with Crippen LogP contribution in [-0.2, 0) is 4.74 Å². The maximum Gasteiger partial charge on any atom is 0.0622 e. The van der Waals surface area contributed by atoms with E-state index in [9.17, 15) is 0 Å². The number of hydrogen-bond acceptors (Lipinski definition) is 2. The van der Waals surface area contributed by atoms with Crippen LogP contribution in [0.15, 0.2) is 11.6 Å². The van der Waals surface area contributed by atoms with Crippen LogP contribution in [0.3, 0.4) is 0 Å². The van der Waals surface area contributed by atoms with Crippen LogP contribution in [0.4, 0.5) is 0 Å². The summed E-state index contributed by atoms with van der Waals surface area (Å²) in [4.78, 5) is 2.53. The van der Waals surface area contributed by atoms with Crippen molar-refractivity contribution in [2.24, 2.45) is 0 Å². The Hall–Kier alpha value is -0.0500. The molecule has 74 valence electrons. The molecule has 3 heteroatoms. The Morgan fingerprint density at radius 3 is 2.62 bits per heavy atom. The molecule has 2 nitrogen and oxygen atoms in total. The van der Waals surface area contributed by atoms with Crippen molar-refractivity contribution in [1.82, 2.24) is 4.90 Å². The van der Waals surface area contributed by atoms with Crippen LogP contribution in [0.5, 0.6) is 0 Å². The molecule has 2 atom stereocenters. The van der Waals surface area contributed by atoms with Gasteiger partial charge in [0.1, 0.15) is 0 Å². The molecule has 2 rings (SSSR count). The Balaban J connectivity index is 1.98. The topological polar surface area (TPSA) is 12.5 Å². The second kappa shape index (κ2) is 4.45. The van der Waals surface area contributed by atoms with E-state index in [0.29, 0.717) is 12.1 Å². The van der Waals surface area contributed by atoms with Gasteiger partial charge in [0.25, 0.3) is 0 Å². The summed E-state index contributed by atoms with van der Waals surface area (Å²) in [5.41, 5.74) is 1.62. The molecule has 2 aliphatic heterocycles. The largest absolute Gasteiger partial charge is 0.378 e. The Kier molecular flexibility index (Phi) is 3.25. The molecule has 2 bridgehead atoms. The quantitative estimate of drug-likeness (QED) is 0.678. The zero-order valence-corrected chi connectivity index (χ0v) is 8.54. The molecule has 0 radical (unpaired) electrons. The van der Waals surface area contributed by atoms with Gasteiger partial charge in [0, 0.05) is 24.2 Å². The van der Waals surface area contributed by atoms with E-state index in [2.05, 4.69) is 4.90 Å². The molecule has 2 unspecified atom stereocenters. The predicted octanol–water partition coefficient (Wildman–Crippen LogP) is 1.99. The summed E-state index contributed by atoms with van der Waals surface area (Å²) in [6, 6.07) is 1.28. The molecule has 2 saturated heterocycles. The van der Waals surface area contributed by atoms with Gasteiger partial charge in [-0.1, -0.05) is 24.1 Å². The normalized spacial score (nSPS) is 35.5. The highest BCUT2D eigenvalue weighted by atomic mass is 35.5. The maximum absolute atomic E-state index is 5.55. The lowest BCUT2D eigenvalue weighted by Crippen LogP contribution is -2.54. The van der Waals surface area contributed by atoms with Crippen molar-refractivity contribution in [3.05, 3.63) is 11.6 Å². The molecule has 0 saturated carbocycles. The van der Waals surface area contributed by atoms with Crippen molar-refractivity contribution in [1.29, 1.82) is 0 Å². The van der Waals surface area contributed by atoms with Crippen molar-refractivity contribution in [3.63, 3.8) is 0 Å². The van der Waals surface area contributed by atoms with E-state index >= 15 is 0 Å². The van der Waals surface area contributed by atoms with Crippen LogP contribution in [0, 0.1) is 0 Å². The number of rotatable bonds is 2. The first kappa shape index (κ1) is 9.50. The SMILES string of the molecule is Cl/C=C/CN1C2CCCC1COC2. The van der Waals surface area contributed by atoms with Crippen LogP contribution < -0.4 is 0 Å². The van der Waals surface area contributed by atoms with Crippen LogP contribution in [0.1, 0.15) is 19.3 Å². The minimum Gasteiger partial charge on any atom is -0.378 e. The standard InChI is InChI=1S/C10H16ClNO/c11-5-2-6-12-9-3-1-4-10(12)8-13-7-9/h2,5,9-10H,1,3-4,6-8H2/b5-2+. The summed E-state index contributed by atoms with van der Waals surface area (Å²) in [6.45, 7) is 2.81. The van der Waals surface area contributed by atoms with Gasteiger partial charge in [0.2, 0.25) is 0 Å². The second-order valence-corrected chi connectivity index (χ2v) is 4.09.